The molecule has 1 aromatic rings. The second-order valence-corrected chi connectivity index (χ2v) is 4.29. The summed E-state index contributed by atoms with van der Waals surface area (Å²) in [5, 5.41) is 0. The van der Waals surface area contributed by atoms with Crippen molar-refractivity contribution in [2.75, 3.05) is 0 Å². The van der Waals surface area contributed by atoms with E-state index in [1.165, 1.54) is 0 Å². The predicted octanol–water partition coefficient (Wildman–Crippen LogP) is 2.30. The van der Waals surface area contributed by atoms with Crippen molar-refractivity contribution in [3.8, 4) is 0 Å². The Morgan fingerprint density at radius 1 is 1.27 bits per heavy atom. The fourth-order valence-corrected chi connectivity index (χ4v) is 1.67. The molecule has 0 heterocycles. The number of carbonyl (C=O) groups is 1. The van der Waals surface area contributed by atoms with Gasteiger partial charge in [0.1, 0.15) is 5.78 Å². The van der Waals surface area contributed by atoms with Gasteiger partial charge in [0.15, 0.2) is 0 Å². The van der Waals surface area contributed by atoms with Crippen LogP contribution in [0.4, 0.5) is 0 Å². The number of rotatable bonds is 5. The minimum Gasteiger partial charge on any atom is -0.326 e. The smallest absolute Gasteiger partial charge is 0.137 e. The number of ketones is 1. The molecule has 0 radical (unpaired) electrons. The van der Waals surface area contributed by atoms with Gasteiger partial charge in [0.2, 0.25) is 0 Å². The average Bonchev–Trinajstić information content (AvgIpc) is 2.17. The van der Waals surface area contributed by atoms with Crippen LogP contribution in [0.15, 0.2) is 24.3 Å². The largest absolute Gasteiger partial charge is 0.326 e. The fraction of sp³-hybridized carbons (Fsp3) is 0.462. The summed E-state index contributed by atoms with van der Waals surface area (Å²) in [6, 6.07) is 7.88. The molecule has 0 aromatic heterocycles. The lowest BCUT2D eigenvalue weighted by Crippen LogP contribution is -2.09. The molecule has 0 amide bonds. The lowest BCUT2D eigenvalue weighted by Gasteiger charge is -2.07. The molecule has 0 atom stereocenters. The van der Waals surface area contributed by atoms with Crippen molar-refractivity contribution in [2.24, 2.45) is 11.7 Å². The van der Waals surface area contributed by atoms with E-state index in [1.54, 1.807) is 0 Å². The molecule has 0 spiro atoms. The van der Waals surface area contributed by atoms with Crippen LogP contribution in [0, 0.1) is 5.92 Å². The van der Waals surface area contributed by atoms with E-state index in [4.69, 9.17) is 5.73 Å². The van der Waals surface area contributed by atoms with Gasteiger partial charge in [-0.25, -0.2) is 0 Å². The summed E-state index contributed by atoms with van der Waals surface area (Å²) >= 11 is 0. The van der Waals surface area contributed by atoms with E-state index < -0.39 is 0 Å². The van der Waals surface area contributed by atoms with Crippen LogP contribution in [-0.4, -0.2) is 5.78 Å². The van der Waals surface area contributed by atoms with E-state index in [0.29, 0.717) is 31.1 Å². The van der Waals surface area contributed by atoms with E-state index in [2.05, 4.69) is 13.8 Å². The second kappa shape index (κ2) is 5.66. The Hall–Kier alpha value is -1.15. The van der Waals surface area contributed by atoms with Crippen molar-refractivity contribution in [1.82, 2.24) is 0 Å². The van der Waals surface area contributed by atoms with Gasteiger partial charge in [-0.15, -0.1) is 0 Å². The first-order valence-corrected chi connectivity index (χ1v) is 5.42. The summed E-state index contributed by atoms with van der Waals surface area (Å²) in [6.45, 7) is 4.63. The number of hydrogen-bond donors (Lipinski definition) is 1. The minimum absolute atomic E-state index is 0.297. The maximum absolute atomic E-state index is 11.7. The molecule has 2 nitrogen and oxygen atoms in total. The number of nitrogens with two attached hydrogens (primary N) is 1. The van der Waals surface area contributed by atoms with Gasteiger partial charge in [0, 0.05) is 19.4 Å². The normalized spacial score (nSPS) is 10.7. The van der Waals surface area contributed by atoms with Gasteiger partial charge in [0.05, 0.1) is 0 Å². The van der Waals surface area contributed by atoms with Crippen LogP contribution in [0.3, 0.4) is 0 Å². The van der Waals surface area contributed by atoms with E-state index in [9.17, 15) is 4.79 Å². The van der Waals surface area contributed by atoms with Crippen molar-refractivity contribution >= 4 is 5.78 Å². The number of benzene rings is 1. The van der Waals surface area contributed by atoms with Gasteiger partial charge in [0.25, 0.3) is 0 Å². The van der Waals surface area contributed by atoms with Gasteiger partial charge in [-0.05, 0) is 17.0 Å². The van der Waals surface area contributed by atoms with Crippen molar-refractivity contribution in [2.45, 2.75) is 33.2 Å². The first-order valence-electron chi connectivity index (χ1n) is 5.42. The molecule has 0 saturated carbocycles. The Labute approximate surface area is 91.5 Å². The van der Waals surface area contributed by atoms with E-state index >= 15 is 0 Å². The van der Waals surface area contributed by atoms with Crippen molar-refractivity contribution in [3.63, 3.8) is 0 Å². The molecule has 0 bridgehead atoms. The average molecular weight is 205 g/mol. The third-order valence-corrected chi connectivity index (χ3v) is 2.36. The van der Waals surface area contributed by atoms with Crippen LogP contribution in [0.1, 0.15) is 31.4 Å². The Kier molecular flexibility index (Phi) is 4.50. The van der Waals surface area contributed by atoms with E-state index in [1.807, 2.05) is 24.3 Å². The first-order chi connectivity index (χ1) is 7.13. The SMILES string of the molecule is CC(C)CC(=O)Cc1ccccc1CN. The zero-order valence-electron chi connectivity index (χ0n) is 9.49. The van der Waals surface area contributed by atoms with Crippen molar-refractivity contribution in [1.29, 1.82) is 0 Å². The Morgan fingerprint density at radius 3 is 2.40 bits per heavy atom. The number of Topliss-reactive ketones (excluding diaryl/α,β-unsaturated/α-hetero) is 1. The van der Waals surface area contributed by atoms with Gasteiger partial charge in [-0.1, -0.05) is 38.1 Å². The lowest BCUT2D eigenvalue weighted by molar-refractivity contribution is -0.119. The highest BCUT2D eigenvalue weighted by atomic mass is 16.1. The molecule has 1 aromatic carbocycles. The molecule has 2 N–H and O–H groups in total. The Balaban J connectivity index is 2.67. The fourth-order valence-electron chi connectivity index (χ4n) is 1.67. The second-order valence-electron chi connectivity index (χ2n) is 4.29. The summed E-state index contributed by atoms with van der Waals surface area (Å²) in [5.41, 5.74) is 7.77. The summed E-state index contributed by atoms with van der Waals surface area (Å²) < 4.78 is 0. The van der Waals surface area contributed by atoms with E-state index in [0.717, 1.165) is 11.1 Å². The standard InChI is InChI=1S/C13H19NO/c1-10(2)7-13(15)8-11-5-3-4-6-12(11)9-14/h3-6,10H,7-9,14H2,1-2H3. The van der Waals surface area contributed by atoms with Crippen LogP contribution in [0.2, 0.25) is 0 Å². The topological polar surface area (TPSA) is 43.1 Å². The summed E-state index contributed by atoms with van der Waals surface area (Å²) in [6.07, 6.45) is 1.17. The quantitative estimate of drug-likeness (QED) is 0.801. The lowest BCUT2D eigenvalue weighted by atomic mass is 9.98. The van der Waals surface area contributed by atoms with E-state index in [-0.39, 0.29) is 0 Å². The van der Waals surface area contributed by atoms with Gasteiger partial charge < -0.3 is 5.73 Å². The van der Waals surface area contributed by atoms with Crippen molar-refractivity contribution < 1.29 is 4.79 Å². The summed E-state index contributed by atoms with van der Waals surface area (Å²) in [5.74, 6) is 0.730. The zero-order valence-corrected chi connectivity index (χ0v) is 9.49. The number of carbonyl (C=O) groups excluding carboxylic acids is 1. The maximum atomic E-state index is 11.7. The molecule has 0 aliphatic heterocycles. The molecule has 1 rings (SSSR count). The third kappa shape index (κ3) is 3.84. The van der Waals surface area contributed by atoms with Crippen molar-refractivity contribution in [3.05, 3.63) is 35.4 Å². The van der Waals surface area contributed by atoms with Crippen LogP contribution < -0.4 is 5.73 Å². The molecule has 2 heteroatoms. The third-order valence-electron chi connectivity index (χ3n) is 2.36. The van der Waals surface area contributed by atoms with Gasteiger partial charge >= 0.3 is 0 Å². The molecule has 0 aliphatic carbocycles. The molecule has 0 aliphatic rings. The summed E-state index contributed by atoms with van der Waals surface area (Å²) in [7, 11) is 0. The van der Waals surface area contributed by atoms with Gasteiger partial charge in [-0.3, -0.25) is 4.79 Å². The molecule has 0 unspecified atom stereocenters. The predicted molar refractivity (Wildman–Crippen MR) is 62.5 cm³/mol. The highest BCUT2D eigenvalue weighted by molar-refractivity contribution is 5.81. The molecule has 0 saturated heterocycles. The highest BCUT2D eigenvalue weighted by Crippen LogP contribution is 2.11. The minimum atomic E-state index is 0.297. The Bertz CT molecular complexity index is 331. The summed E-state index contributed by atoms with van der Waals surface area (Å²) in [4.78, 5) is 11.7. The van der Waals surface area contributed by atoms with Crippen LogP contribution >= 0.6 is 0 Å². The van der Waals surface area contributed by atoms with Crippen LogP contribution in [0.5, 0.6) is 0 Å². The monoisotopic (exact) mass is 205 g/mol. The maximum Gasteiger partial charge on any atom is 0.137 e. The molecular formula is C13H19NO. The number of hydrogen-bond acceptors (Lipinski definition) is 2. The van der Waals surface area contributed by atoms with Crippen LogP contribution in [-0.2, 0) is 17.8 Å². The molecule has 82 valence electrons. The van der Waals surface area contributed by atoms with Crippen LogP contribution in [0.25, 0.3) is 0 Å². The first kappa shape index (κ1) is 11.9. The molecule has 15 heavy (non-hydrogen) atoms. The Morgan fingerprint density at radius 2 is 1.87 bits per heavy atom. The molecule has 0 fully saturated rings. The highest BCUT2D eigenvalue weighted by Gasteiger charge is 2.08. The molecular weight excluding hydrogens is 186 g/mol. The van der Waals surface area contributed by atoms with Gasteiger partial charge in [-0.2, -0.15) is 0 Å². The zero-order chi connectivity index (χ0) is 11.3.